The van der Waals surface area contributed by atoms with Crippen molar-refractivity contribution in [3.63, 3.8) is 0 Å². The third kappa shape index (κ3) is 3.81. The zero-order valence-electron chi connectivity index (χ0n) is 11.8. The molecular formula is C13H19Cl2N3O2S. The number of likely N-dealkylation sites (tertiary alicyclic amines) is 1. The van der Waals surface area contributed by atoms with E-state index in [1.54, 1.807) is 0 Å². The fraction of sp³-hybridized carbons (Fsp3) is 0.538. The van der Waals surface area contributed by atoms with Crippen LogP contribution in [-0.2, 0) is 10.0 Å². The predicted molar refractivity (Wildman–Crippen MR) is 86.3 cm³/mol. The molecule has 1 aromatic carbocycles. The molecule has 0 atom stereocenters. The van der Waals surface area contributed by atoms with Crippen molar-refractivity contribution in [3.05, 3.63) is 22.2 Å². The van der Waals surface area contributed by atoms with Crippen LogP contribution < -0.4 is 10.5 Å². The Morgan fingerprint density at radius 3 is 2.52 bits per heavy atom. The third-order valence-corrected chi connectivity index (χ3v) is 6.15. The highest BCUT2D eigenvalue weighted by atomic mass is 35.5. The number of sulfonamides is 1. The minimum atomic E-state index is -3.69. The Hall–Kier alpha value is -0.530. The number of benzene rings is 1. The maximum Gasteiger partial charge on any atom is 0.242 e. The summed E-state index contributed by atoms with van der Waals surface area (Å²) in [5.74, 6) is 0. The summed E-state index contributed by atoms with van der Waals surface area (Å²) in [6.07, 6.45) is 1.57. The molecule has 5 nitrogen and oxygen atoms in total. The molecule has 0 aliphatic carbocycles. The number of halogens is 2. The average Bonchev–Trinajstić information content (AvgIpc) is 2.45. The van der Waals surface area contributed by atoms with Gasteiger partial charge >= 0.3 is 0 Å². The number of anilines is 1. The normalized spacial score (nSPS) is 18.0. The van der Waals surface area contributed by atoms with Crippen LogP contribution in [0.5, 0.6) is 0 Å². The average molecular weight is 352 g/mol. The van der Waals surface area contributed by atoms with E-state index >= 15 is 0 Å². The molecule has 1 fully saturated rings. The monoisotopic (exact) mass is 351 g/mol. The lowest BCUT2D eigenvalue weighted by atomic mass is 10.1. The highest BCUT2D eigenvalue weighted by Crippen LogP contribution is 2.33. The Balaban J connectivity index is 2.15. The molecule has 1 heterocycles. The van der Waals surface area contributed by atoms with Crippen molar-refractivity contribution in [2.24, 2.45) is 0 Å². The van der Waals surface area contributed by atoms with Gasteiger partial charge in [0.05, 0.1) is 15.7 Å². The number of nitrogens with zero attached hydrogens (tertiary/aromatic N) is 1. The maximum atomic E-state index is 12.4. The van der Waals surface area contributed by atoms with Crippen LogP contribution in [0, 0.1) is 0 Å². The van der Waals surface area contributed by atoms with E-state index in [-0.39, 0.29) is 26.7 Å². The van der Waals surface area contributed by atoms with Gasteiger partial charge in [0.25, 0.3) is 0 Å². The molecule has 118 valence electrons. The lowest BCUT2D eigenvalue weighted by Crippen LogP contribution is -2.44. The van der Waals surface area contributed by atoms with E-state index in [0.717, 1.165) is 32.5 Å². The number of piperidine rings is 1. The first-order valence-corrected chi connectivity index (χ1v) is 9.07. The van der Waals surface area contributed by atoms with Crippen molar-refractivity contribution >= 4 is 38.9 Å². The summed E-state index contributed by atoms with van der Waals surface area (Å²) in [4.78, 5) is 2.27. The summed E-state index contributed by atoms with van der Waals surface area (Å²) in [5.41, 5.74) is 5.77. The van der Waals surface area contributed by atoms with Gasteiger partial charge in [-0.05, 0) is 44.6 Å². The fourth-order valence-corrected chi connectivity index (χ4v) is 4.48. The molecule has 1 saturated heterocycles. The van der Waals surface area contributed by atoms with Crippen LogP contribution in [0.3, 0.4) is 0 Å². The SMILES string of the molecule is CCN1CCC(NS(=O)(=O)c2ccc(Cl)c(N)c2Cl)CC1. The maximum absolute atomic E-state index is 12.4. The molecule has 0 bridgehead atoms. The number of nitrogens with two attached hydrogens (primary N) is 1. The van der Waals surface area contributed by atoms with Crippen LogP contribution in [-0.4, -0.2) is 39.0 Å². The molecule has 0 radical (unpaired) electrons. The third-order valence-electron chi connectivity index (χ3n) is 3.74. The highest BCUT2D eigenvalue weighted by Gasteiger charge is 2.26. The van der Waals surface area contributed by atoms with E-state index in [2.05, 4.69) is 16.5 Å². The summed E-state index contributed by atoms with van der Waals surface area (Å²) in [7, 11) is -3.69. The van der Waals surface area contributed by atoms with Crippen molar-refractivity contribution in [3.8, 4) is 0 Å². The molecule has 8 heteroatoms. The number of nitrogen functional groups attached to an aromatic ring is 1. The Morgan fingerprint density at radius 2 is 1.95 bits per heavy atom. The first-order chi connectivity index (χ1) is 9.85. The van der Waals surface area contributed by atoms with Crippen molar-refractivity contribution in [2.75, 3.05) is 25.4 Å². The van der Waals surface area contributed by atoms with Crippen LogP contribution in [0.25, 0.3) is 0 Å². The minimum absolute atomic E-state index is 0.0241. The van der Waals surface area contributed by atoms with Gasteiger partial charge in [-0.1, -0.05) is 30.1 Å². The van der Waals surface area contributed by atoms with Crippen LogP contribution in [0.1, 0.15) is 19.8 Å². The summed E-state index contributed by atoms with van der Waals surface area (Å²) < 4.78 is 27.6. The van der Waals surface area contributed by atoms with Gasteiger partial charge in [0, 0.05) is 6.04 Å². The second kappa shape index (κ2) is 6.71. The van der Waals surface area contributed by atoms with Gasteiger partial charge in [0.15, 0.2) is 0 Å². The van der Waals surface area contributed by atoms with Gasteiger partial charge in [0.1, 0.15) is 4.90 Å². The largest absolute Gasteiger partial charge is 0.396 e. The van der Waals surface area contributed by atoms with Gasteiger partial charge in [-0.25, -0.2) is 13.1 Å². The van der Waals surface area contributed by atoms with Crippen LogP contribution in [0.4, 0.5) is 5.69 Å². The zero-order valence-corrected chi connectivity index (χ0v) is 14.1. The molecular weight excluding hydrogens is 333 g/mol. The van der Waals surface area contributed by atoms with E-state index in [1.165, 1.54) is 12.1 Å². The molecule has 3 N–H and O–H groups in total. The Kier molecular flexibility index (Phi) is 5.38. The Labute approximate surface area is 135 Å². The summed E-state index contributed by atoms with van der Waals surface area (Å²) in [6, 6.07) is 2.74. The van der Waals surface area contributed by atoms with E-state index in [9.17, 15) is 8.42 Å². The lowest BCUT2D eigenvalue weighted by Gasteiger charge is -2.31. The molecule has 1 aliphatic heterocycles. The van der Waals surface area contributed by atoms with E-state index in [1.807, 2.05) is 0 Å². The molecule has 0 amide bonds. The van der Waals surface area contributed by atoms with Crippen molar-refractivity contribution in [2.45, 2.75) is 30.7 Å². The van der Waals surface area contributed by atoms with E-state index in [0.29, 0.717) is 0 Å². The molecule has 0 unspecified atom stereocenters. The van der Waals surface area contributed by atoms with Crippen LogP contribution in [0.2, 0.25) is 10.0 Å². The number of nitrogens with one attached hydrogen (secondary N) is 1. The smallest absolute Gasteiger partial charge is 0.242 e. The first-order valence-electron chi connectivity index (χ1n) is 6.83. The van der Waals surface area contributed by atoms with Gasteiger partial charge in [-0.15, -0.1) is 0 Å². The van der Waals surface area contributed by atoms with Gasteiger partial charge < -0.3 is 10.6 Å². The summed E-state index contributed by atoms with van der Waals surface area (Å²) in [5, 5.41) is 0.219. The van der Waals surface area contributed by atoms with Gasteiger partial charge in [0.2, 0.25) is 10.0 Å². The van der Waals surface area contributed by atoms with E-state index in [4.69, 9.17) is 28.9 Å². The van der Waals surface area contributed by atoms with Crippen LogP contribution in [0.15, 0.2) is 17.0 Å². The first kappa shape index (κ1) is 16.8. The second-order valence-electron chi connectivity index (χ2n) is 5.10. The summed E-state index contributed by atoms with van der Waals surface area (Å²) >= 11 is 11.8. The quantitative estimate of drug-likeness (QED) is 0.816. The number of hydrogen-bond acceptors (Lipinski definition) is 4. The molecule has 0 aromatic heterocycles. The van der Waals surface area contributed by atoms with Gasteiger partial charge in [-0.2, -0.15) is 0 Å². The van der Waals surface area contributed by atoms with Gasteiger partial charge in [-0.3, -0.25) is 0 Å². The molecule has 0 spiro atoms. The molecule has 1 aromatic rings. The van der Waals surface area contributed by atoms with Crippen molar-refractivity contribution < 1.29 is 8.42 Å². The topological polar surface area (TPSA) is 75.4 Å². The zero-order chi connectivity index (χ0) is 15.6. The number of rotatable bonds is 4. The molecule has 21 heavy (non-hydrogen) atoms. The summed E-state index contributed by atoms with van der Waals surface area (Å²) in [6.45, 7) is 4.86. The lowest BCUT2D eigenvalue weighted by molar-refractivity contribution is 0.217. The standard InChI is InChI=1S/C13H19Cl2N3O2S/c1-2-18-7-5-9(6-8-18)17-21(19,20)11-4-3-10(14)13(16)12(11)15/h3-4,9,17H,2,5-8,16H2,1H3. The highest BCUT2D eigenvalue weighted by molar-refractivity contribution is 7.89. The predicted octanol–water partition coefficient (Wildman–Crippen LogP) is 2.34. The number of hydrogen-bond donors (Lipinski definition) is 2. The molecule has 1 aliphatic rings. The van der Waals surface area contributed by atoms with Crippen molar-refractivity contribution in [1.29, 1.82) is 0 Å². The second-order valence-corrected chi connectivity index (χ2v) is 7.57. The van der Waals surface area contributed by atoms with E-state index < -0.39 is 10.0 Å². The van der Waals surface area contributed by atoms with Crippen molar-refractivity contribution in [1.82, 2.24) is 9.62 Å². The minimum Gasteiger partial charge on any atom is -0.396 e. The molecule has 0 saturated carbocycles. The Morgan fingerprint density at radius 1 is 1.33 bits per heavy atom. The molecule has 2 rings (SSSR count). The fourth-order valence-electron chi connectivity index (χ4n) is 2.41. The Bertz CT molecular complexity index is 614. The van der Waals surface area contributed by atoms with Crippen LogP contribution >= 0.6 is 23.2 Å².